The minimum atomic E-state index is -0.0987. The van der Waals surface area contributed by atoms with Crippen LogP contribution >= 0.6 is 27.3 Å². The second-order valence-electron chi connectivity index (χ2n) is 6.58. The van der Waals surface area contributed by atoms with Crippen molar-refractivity contribution in [2.75, 3.05) is 42.9 Å². The molecule has 3 heterocycles. The second-order valence-corrected chi connectivity index (χ2v) is 8.53. The Hall–Kier alpha value is -1.96. The van der Waals surface area contributed by atoms with Crippen molar-refractivity contribution in [3.05, 3.63) is 51.9 Å². The van der Waals surface area contributed by atoms with Crippen molar-refractivity contribution >= 4 is 54.8 Å². The number of halogens is 1. The molecule has 3 aromatic rings. The fraction of sp³-hybridized carbons (Fsp3) is 0.300. The third-order valence-electron chi connectivity index (χ3n) is 4.87. The lowest BCUT2D eigenvalue weighted by Gasteiger charge is -2.35. The summed E-state index contributed by atoms with van der Waals surface area (Å²) in [5.74, 6) is -0.0987. The highest BCUT2D eigenvalue weighted by atomic mass is 79.9. The van der Waals surface area contributed by atoms with E-state index in [1.165, 1.54) is 17.0 Å². The summed E-state index contributed by atoms with van der Waals surface area (Å²) in [7, 11) is 0. The van der Waals surface area contributed by atoms with E-state index in [-0.39, 0.29) is 5.91 Å². The minimum Gasteiger partial charge on any atom is -0.369 e. The lowest BCUT2D eigenvalue weighted by Crippen LogP contribution is -2.46. The molecule has 140 valence electrons. The number of thiophene rings is 1. The van der Waals surface area contributed by atoms with E-state index >= 15 is 0 Å². The van der Waals surface area contributed by atoms with E-state index in [0.29, 0.717) is 4.88 Å². The summed E-state index contributed by atoms with van der Waals surface area (Å²) in [5.41, 5.74) is 2.02. The monoisotopic (exact) mass is 444 g/mol. The summed E-state index contributed by atoms with van der Waals surface area (Å²) in [6.07, 6.45) is 1.75. The number of hydrogen-bond acceptors (Lipinski definition) is 5. The molecule has 1 saturated heterocycles. The topological polar surface area (TPSA) is 48.5 Å². The van der Waals surface area contributed by atoms with E-state index in [9.17, 15) is 4.79 Å². The molecular weight excluding hydrogens is 424 g/mol. The molecule has 1 fully saturated rings. The lowest BCUT2D eigenvalue weighted by molar-refractivity contribution is 0.103. The molecule has 0 radical (unpaired) electrons. The van der Waals surface area contributed by atoms with Gasteiger partial charge in [-0.25, -0.2) is 4.98 Å². The van der Waals surface area contributed by atoms with Gasteiger partial charge in [0, 0.05) is 53.6 Å². The Bertz CT molecular complexity index is 948. The zero-order chi connectivity index (χ0) is 18.8. The summed E-state index contributed by atoms with van der Waals surface area (Å²) in [5, 5.41) is 3.96. The fourth-order valence-electron chi connectivity index (χ4n) is 3.29. The van der Waals surface area contributed by atoms with Crippen molar-refractivity contribution in [2.45, 2.75) is 6.92 Å². The quantitative estimate of drug-likeness (QED) is 0.645. The van der Waals surface area contributed by atoms with Gasteiger partial charge in [0.2, 0.25) is 0 Å². The number of carbonyl (C=O) groups is 1. The molecule has 0 aliphatic carbocycles. The third-order valence-corrected chi connectivity index (χ3v) is 6.36. The molecule has 0 atom stereocenters. The molecule has 0 unspecified atom stereocenters. The third kappa shape index (κ3) is 4.15. The first-order valence-corrected chi connectivity index (χ1v) is 10.7. The van der Waals surface area contributed by atoms with Crippen LogP contribution in [-0.2, 0) is 0 Å². The smallest absolute Gasteiger partial charge is 0.265 e. The molecule has 1 aromatic carbocycles. The van der Waals surface area contributed by atoms with Crippen LogP contribution in [0.3, 0.4) is 0 Å². The number of amides is 1. The summed E-state index contributed by atoms with van der Waals surface area (Å²) in [6, 6.07) is 12.0. The maximum atomic E-state index is 12.6. The van der Waals surface area contributed by atoms with Crippen molar-refractivity contribution in [2.24, 2.45) is 0 Å². The summed E-state index contributed by atoms with van der Waals surface area (Å²) >= 11 is 4.82. The second kappa shape index (κ2) is 7.96. The molecular formula is C20H21BrN4OS. The van der Waals surface area contributed by atoms with E-state index in [1.807, 2.05) is 24.3 Å². The molecule has 2 aromatic heterocycles. The molecule has 0 bridgehead atoms. The fourth-order valence-corrected chi connectivity index (χ4v) is 4.52. The molecule has 0 saturated carbocycles. The van der Waals surface area contributed by atoms with Crippen LogP contribution in [0.25, 0.3) is 10.2 Å². The van der Waals surface area contributed by atoms with Crippen molar-refractivity contribution in [3.63, 3.8) is 0 Å². The van der Waals surface area contributed by atoms with Crippen LogP contribution in [0.4, 0.5) is 11.4 Å². The first-order chi connectivity index (χ1) is 13.1. The van der Waals surface area contributed by atoms with Gasteiger partial charge < -0.3 is 15.1 Å². The number of carbonyl (C=O) groups excluding carboxylic acids is 1. The summed E-state index contributed by atoms with van der Waals surface area (Å²) in [4.78, 5) is 23.3. The largest absolute Gasteiger partial charge is 0.369 e. The van der Waals surface area contributed by atoms with E-state index < -0.39 is 0 Å². The van der Waals surface area contributed by atoms with Crippen molar-refractivity contribution in [1.29, 1.82) is 0 Å². The SMILES string of the molecule is CCN1CCN(c2ccc(NC(=O)c3cc4cc(Br)cnc4s3)cc2)CC1. The normalized spacial score (nSPS) is 15.3. The van der Waals surface area contributed by atoms with Crippen molar-refractivity contribution < 1.29 is 4.79 Å². The van der Waals surface area contributed by atoms with E-state index in [2.05, 4.69) is 55.1 Å². The average molecular weight is 445 g/mol. The van der Waals surface area contributed by atoms with Gasteiger partial charge in [-0.1, -0.05) is 6.92 Å². The number of benzene rings is 1. The Morgan fingerprint density at radius 2 is 1.93 bits per heavy atom. The predicted octanol–water partition coefficient (Wildman–Crippen LogP) is 4.45. The van der Waals surface area contributed by atoms with Gasteiger partial charge in [0.1, 0.15) is 4.83 Å². The Balaban J connectivity index is 1.42. The number of nitrogens with zero attached hydrogens (tertiary/aromatic N) is 3. The number of fused-ring (bicyclic) bond motifs is 1. The van der Waals surface area contributed by atoms with Crippen molar-refractivity contribution in [3.8, 4) is 0 Å². The average Bonchev–Trinajstić information content (AvgIpc) is 3.12. The van der Waals surface area contributed by atoms with E-state index in [0.717, 1.165) is 53.1 Å². The number of aromatic nitrogens is 1. The van der Waals surface area contributed by atoms with Crippen LogP contribution in [0.1, 0.15) is 16.6 Å². The van der Waals surface area contributed by atoms with Crippen LogP contribution < -0.4 is 10.2 Å². The lowest BCUT2D eigenvalue weighted by atomic mass is 10.2. The highest BCUT2D eigenvalue weighted by Gasteiger charge is 2.16. The van der Waals surface area contributed by atoms with Crippen LogP contribution in [0.15, 0.2) is 47.1 Å². The molecule has 1 amide bonds. The number of hydrogen-bond donors (Lipinski definition) is 1. The predicted molar refractivity (Wildman–Crippen MR) is 116 cm³/mol. The Morgan fingerprint density at radius 3 is 2.63 bits per heavy atom. The van der Waals surface area contributed by atoms with E-state index in [4.69, 9.17) is 0 Å². The van der Waals surface area contributed by atoms with Gasteiger partial charge in [-0.05, 0) is 58.9 Å². The van der Waals surface area contributed by atoms with Crippen LogP contribution in [0.2, 0.25) is 0 Å². The number of nitrogens with one attached hydrogen (secondary N) is 1. The molecule has 1 aliphatic rings. The van der Waals surface area contributed by atoms with Gasteiger partial charge in [0.25, 0.3) is 5.91 Å². The zero-order valence-electron chi connectivity index (χ0n) is 15.1. The highest BCUT2D eigenvalue weighted by molar-refractivity contribution is 9.10. The molecule has 0 spiro atoms. The first kappa shape index (κ1) is 18.4. The van der Waals surface area contributed by atoms with Gasteiger partial charge in [-0.15, -0.1) is 11.3 Å². The zero-order valence-corrected chi connectivity index (χ0v) is 17.5. The van der Waals surface area contributed by atoms with Gasteiger partial charge in [-0.2, -0.15) is 0 Å². The summed E-state index contributed by atoms with van der Waals surface area (Å²) < 4.78 is 0.912. The Labute approximate surface area is 171 Å². The van der Waals surface area contributed by atoms with E-state index in [1.54, 1.807) is 6.20 Å². The van der Waals surface area contributed by atoms with Gasteiger partial charge in [-0.3, -0.25) is 4.79 Å². The summed E-state index contributed by atoms with van der Waals surface area (Å²) in [6.45, 7) is 7.62. The first-order valence-electron chi connectivity index (χ1n) is 9.06. The number of likely N-dealkylation sites (N-methyl/N-ethyl adjacent to an activating group) is 1. The van der Waals surface area contributed by atoms with Crippen LogP contribution in [0, 0.1) is 0 Å². The highest BCUT2D eigenvalue weighted by Crippen LogP contribution is 2.27. The number of anilines is 2. The maximum absolute atomic E-state index is 12.6. The molecule has 1 aliphatic heterocycles. The van der Waals surface area contributed by atoms with Gasteiger partial charge >= 0.3 is 0 Å². The Morgan fingerprint density at radius 1 is 1.19 bits per heavy atom. The number of rotatable bonds is 4. The number of pyridine rings is 1. The van der Waals surface area contributed by atoms with Gasteiger partial charge in [0.15, 0.2) is 0 Å². The van der Waals surface area contributed by atoms with Crippen LogP contribution in [-0.4, -0.2) is 48.5 Å². The molecule has 7 heteroatoms. The molecule has 5 nitrogen and oxygen atoms in total. The molecule has 1 N–H and O–H groups in total. The molecule has 27 heavy (non-hydrogen) atoms. The molecule has 4 rings (SSSR count). The standard InChI is InChI=1S/C20H21BrN4OS/c1-2-24-7-9-25(10-8-24)17-5-3-16(4-6-17)23-19(26)18-12-14-11-15(21)13-22-20(14)27-18/h3-6,11-13H,2,7-10H2,1H3,(H,23,26). The number of piperazine rings is 1. The van der Waals surface area contributed by atoms with Crippen LogP contribution in [0.5, 0.6) is 0 Å². The maximum Gasteiger partial charge on any atom is 0.265 e. The minimum absolute atomic E-state index is 0.0987. The van der Waals surface area contributed by atoms with Gasteiger partial charge in [0.05, 0.1) is 4.88 Å². The van der Waals surface area contributed by atoms with Crippen molar-refractivity contribution in [1.82, 2.24) is 9.88 Å². The Kier molecular flexibility index (Phi) is 5.43.